The van der Waals surface area contributed by atoms with Crippen molar-refractivity contribution in [1.29, 1.82) is 0 Å². The number of alkyl halides is 1. The molecule has 3 heteroatoms. The van der Waals surface area contributed by atoms with E-state index in [1.807, 2.05) is 0 Å². The first-order valence-corrected chi connectivity index (χ1v) is 3.66. The maximum atomic E-state index is 13.3. The summed E-state index contributed by atoms with van der Waals surface area (Å²) < 4.78 is 13.3. The van der Waals surface area contributed by atoms with E-state index in [0.29, 0.717) is 0 Å². The molecule has 1 nitrogen and oxygen atoms in total. The fraction of sp³-hybridized carbons (Fsp3) is 0.375. The third-order valence-electron chi connectivity index (χ3n) is 1.69. The van der Waals surface area contributed by atoms with E-state index in [-0.39, 0.29) is 0 Å². The first-order valence-electron chi connectivity index (χ1n) is 3.28. The summed E-state index contributed by atoms with van der Waals surface area (Å²) in [5, 5.41) is -0.657. The van der Waals surface area contributed by atoms with Crippen LogP contribution in [0.1, 0.15) is 6.92 Å². The summed E-state index contributed by atoms with van der Waals surface area (Å²) in [5.41, 5.74) is -1.63. The number of carbonyl (C=O) groups is 1. The van der Waals surface area contributed by atoms with Gasteiger partial charge in [-0.25, -0.2) is 4.39 Å². The van der Waals surface area contributed by atoms with Crippen LogP contribution in [0.15, 0.2) is 24.3 Å². The Bertz CT molecular complexity index is 230. The van der Waals surface area contributed by atoms with Crippen molar-refractivity contribution in [1.82, 2.24) is 0 Å². The Morgan fingerprint density at radius 2 is 2.27 bits per heavy atom. The van der Waals surface area contributed by atoms with Gasteiger partial charge in [0.15, 0.2) is 0 Å². The number of hydrogen-bond acceptors (Lipinski definition) is 1. The zero-order chi connectivity index (χ0) is 8.48. The number of rotatable bonds is 1. The summed E-state index contributed by atoms with van der Waals surface area (Å²) in [6.45, 7) is 1.33. The summed E-state index contributed by atoms with van der Waals surface area (Å²) >= 11 is 5.18. The Balaban J connectivity index is 2.89. The zero-order valence-corrected chi connectivity index (χ0v) is 6.81. The van der Waals surface area contributed by atoms with E-state index < -0.39 is 16.8 Å². The molecule has 1 aliphatic rings. The van der Waals surface area contributed by atoms with Crippen molar-refractivity contribution < 1.29 is 9.18 Å². The fourth-order valence-electron chi connectivity index (χ4n) is 1.01. The first kappa shape index (κ1) is 8.47. The summed E-state index contributed by atoms with van der Waals surface area (Å²) in [5.74, 6) is -0.839. The van der Waals surface area contributed by atoms with Gasteiger partial charge < -0.3 is 0 Å². The summed E-state index contributed by atoms with van der Waals surface area (Å²) in [7, 11) is 0. The molecule has 0 aromatic carbocycles. The number of halogens is 2. The van der Waals surface area contributed by atoms with E-state index in [4.69, 9.17) is 11.6 Å². The van der Waals surface area contributed by atoms with Gasteiger partial charge in [-0.15, -0.1) is 0 Å². The number of allylic oxidation sites excluding steroid dienone is 4. The average molecular weight is 175 g/mol. The van der Waals surface area contributed by atoms with Crippen molar-refractivity contribution in [2.45, 2.75) is 12.6 Å². The van der Waals surface area contributed by atoms with Crippen molar-refractivity contribution in [3.8, 4) is 0 Å². The van der Waals surface area contributed by atoms with Crippen molar-refractivity contribution in [3.63, 3.8) is 0 Å². The summed E-state index contributed by atoms with van der Waals surface area (Å²) in [6, 6.07) is 0. The maximum absolute atomic E-state index is 13.3. The lowest BCUT2D eigenvalue weighted by Gasteiger charge is -2.23. The molecule has 0 aromatic heterocycles. The van der Waals surface area contributed by atoms with Gasteiger partial charge in [-0.1, -0.05) is 18.2 Å². The van der Waals surface area contributed by atoms with E-state index in [0.717, 1.165) is 0 Å². The molecule has 0 heterocycles. The van der Waals surface area contributed by atoms with Crippen molar-refractivity contribution in [3.05, 3.63) is 24.3 Å². The van der Waals surface area contributed by atoms with Crippen LogP contribution >= 0.6 is 11.6 Å². The molecular formula is C8H8ClFO. The average Bonchev–Trinajstić information content (AvgIpc) is 1.85. The summed E-state index contributed by atoms with van der Waals surface area (Å²) in [4.78, 5) is 10.7. The molecule has 0 aromatic rings. The zero-order valence-electron chi connectivity index (χ0n) is 6.05. The Kier molecular flexibility index (Phi) is 2.14. The monoisotopic (exact) mass is 174 g/mol. The second kappa shape index (κ2) is 2.78. The highest BCUT2D eigenvalue weighted by Crippen LogP contribution is 2.29. The van der Waals surface area contributed by atoms with Crippen LogP contribution in [-0.2, 0) is 4.79 Å². The van der Waals surface area contributed by atoms with Crippen LogP contribution in [0.3, 0.4) is 0 Å². The minimum absolute atomic E-state index is 0.657. The van der Waals surface area contributed by atoms with Crippen molar-refractivity contribution in [2.75, 3.05) is 0 Å². The molecule has 60 valence electrons. The molecular weight excluding hydrogens is 167 g/mol. The second-order valence-electron chi connectivity index (χ2n) is 2.68. The topological polar surface area (TPSA) is 17.1 Å². The molecule has 0 saturated heterocycles. The van der Waals surface area contributed by atoms with Gasteiger partial charge >= 0.3 is 0 Å². The van der Waals surface area contributed by atoms with Gasteiger partial charge in [-0.05, 0) is 24.6 Å². The van der Waals surface area contributed by atoms with Gasteiger partial charge in [0, 0.05) is 0 Å². The quantitative estimate of drug-likeness (QED) is 0.557. The molecule has 0 saturated carbocycles. The normalized spacial score (nSPS) is 35.7. The first-order chi connectivity index (χ1) is 5.04. The van der Waals surface area contributed by atoms with Gasteiger partial charge in [0.2, 0.25) is 5.24 Å². The standard InChI is InChI=1S/C8H8ClFO/c1-8(10)5-3-2-4-6(8)7(9)11/h2-6H,1H3. The Morgan fingerprint density at radius 3 is 2.64 bits per heavy atom. The Labute approximate surface area is 69.5 Å². The van der Waals surface area contributed by atoms with Crippen LogP contribution in [0, 0.1) is 5.92 Å². The van der Waals surface area contributed by atoms with E-state index in [1.165, 1.54) is 19.1 Å². The third kappa shape index (κ3) is 1.69. The van der Waals surface area contributed by atoms with Crippen LogP contribution in [0.2, 0.25) is 0 Å². The Hall–Kier alpha value is -0.630. The maximum Gasteiger partial charge on any atom is 0.232 e. The van der Waals surface area contributed by atoms with E-state index in [9.17, 15) is 9.18 Å². The van der Waals surface area contributed by atoms with Crippen molar-refractivity contribution >= 4 is 16.8 Å². The molecule has 2 unspecified atom stereocenters. The number of hydrogen-bond donors (Lipinski definition) is 0. The summed E-state index contributed by atoms with van der Waals surface area (Å²) in [6.07, 6.45) is 5.98. The van der Waals surface area contributed by atoms with Crippen LogP contribution in [0.25, 0.3) is 0 Å². The highest BCUT2D eigenvalue weighted by molar-refractivity contribution is 6.64. The highest BCUT2D eigenvalue weighted by atomic mass is 35.5. The molecule has 0 spiro atoms. The molecule has 0 bridgehead atoms. The van der Waals surface area contributed by atoms with Gasteiger partial charge in [0.25, 0.3) is 0 Å². The van der Waals surface area contributed by atoms with E-state index in [2.05, 4.69) is 0 Å². The smallest absolute Gasteiger partial charge is 0.232 e. The highest BCUT2D eigenvalue weighted by Gasteiger charge is 2.35. The molecule has 1 aliphatic carbocycles. The lowest BCUT2D eigenvalue weighted by Crippen LogP contribution is -2.31. The van der Waals surface area contributed by atoms with Gasteiger partial charge in [-0.2, -0.15) is 0 Å². The second-order valence-corrected chi connectivity index (χ2v) is 3.05. The van der Waals surface area contributed by atoms with Gasteiger partial charge in [0.1, 0.15) is 5.67 Å². The van der Waals surface area contributed by atoms with Crippen LogP contribution < -0.4 is 0 Å². The molecule has 0 N–H and O–H groups in total. The third-order valence-corrected chi connectivity index (χ3v) is 1.92. The molecule has 0 aliphatic heterocycles. The van der Waals surface area contributed by atoms with Crippen LogP contribution in [0.4, 0.5) is 4.39 Å². The lowest BCUT2D eigenvalue weighted by atomic mass is 9.88. The van der Waals surface area contributed by atoms with Gasteiger partial charge in [0.05, 0.1) is 5.92 Å². The molecule has 0 amide bonds. The molecule has 0 radical (unpaired) electrons. The minimum Gasteiger partial charge on any atom is -0.281 e. The SMILES string of the molecule is CC1(F)C=CC=CC1C(=O)Cl. The lowest BCUT2D eigenvalue weighted by molar-refractivity contribution is -0.116. The largest absolute Gasteiger partial charge is 0.281 e. The fourth-order valence-corrected chi connectivity index (χ4v) is 1.29. The number of carbonyl (C=O) groups excluding carboxylic acids is 1. The predicted octanol–water partition coefficient (Wildman–Crippen LogP) is 2.22. The minimum atomic E-state index is -1.63. The van der Waals surface area contributed by atoms with E-state index in [1.54, 1.807) is 12.2 Å². The molecule has 0 fully saturated rings. The van der Waals surface area contributed by atoms with Gasteiger partial charge in [-0.3, -0.25) is 4.79 Å². The van der Waals surface area contributed by atoms with E-state index >= 15 is 0 Å². The Morgan fingerprint density at radius 1 is 1.64 bits per heavy atom. The molecule has 2 atom stereocenters. The van der Waals surface area contributed by atoms with Crippen molar-refractivity contribution in [2.24, 2.45) is 5.92 Å². The predicted molar refractivity (Wildman–Crippen MR) is 42.1 cm³/mol. The molecule has 11 heavy (non-hydrogen) atoms. The van der Waals surface area contributed by atoms with Crippen LogP contribution in [-0.4, -0.2) is 10.9 Å². The molecule has 1 rings (SSSR count). The van der Waals surface area contributed by atoms with Crippen LogP contribution in [0.5, 0.6) is 0 Å².